The first-order chi connectivity index (χ1) is 10.1. The number of anilines is 2. The van der Waals surface area contributed by atoms with E-state index in [9.17, 15) is 10.1 Å². The molecule has 0 unspecified atom stereocenters. The maximum absolute atomic E-state index is 11.1. The van der Waals surface area contributed by atoms with Crippen LogP contribution in [0.5, 0.6) is 0 Å². The highest BCUT2D eigenvalue weighted by molar-refractivity contribution is 8.00. The standard InChI is InChI=1S/C14H22N4O2S/c1-3-9-15-12-6-5-11(18(19)20)13(17-12)16-10-14(21-2)7-4-8-14/h5-6H,3-4,7-10H2,1-2H3,(H2,15,16,17). The number of nitrogens with zero attached hydrogens (tertiary/aromatic N) is 2. The fourth-order valence-corrected chi connectivity index (χ4v) is 3.26. The third-order valence-electron chi connectivity index (χ3n) is 3.90. The number of nitro groups is 1. The molecule has 6 nitrogen and oxygen atoms in total. The van der Waals surface area contributed by atoms with Crippen molar-refractivity contribution in [3.63, 3.8) is 0 Å². The normalized spacial score (nSPS) is 16.1. The summed E-state index contributed by atoms with van der Waals surface area (Å²) in [5, 5.41) is 17.5. The predicted octanol–water partition coefficient (Wildman–Crippen LogP) is 3.51. The summed E-state index contributed by atoms with van der Waals surface area (Å²) < 4.78 is 0.211. The lowest BCUT2D eigenvalue weighted by Gasteiger charge is -2.40. The van der Waals surface area contributed by atoms with Crippen molar-refractivity contribution in [1.29, 1.82) is 0 Å². The molecule has 0 radical (unpaired) electrons. The summed E-state index contributed by atoms with van der Waals surface area (Å²) in [6.07, 6.45) is 6.63. The van der Waals surface area contributed by atoms with Crippen LogP contribution in [0, 0.1) is 10.1 Å². The number of aromatic nitrogens is 1. The summed E-state index contributed by atoms with van der Waals surface area (Å²) in [5.74, 6) is 1.04. The van der Waals surface area contributed by atoms with E-state index in [-0.39, 0.29) is 15.4 Å². The zero-order chi connectivity index (χ0) is 15.3. The van der Waals surface area contributed by atoms with Gasteiger partial charge >= 0.3 is 5.69 Å². The molecule has 1 aromatic rings. The highest BCUT2D eigenvalue weighted by Gasteiger charge is 2.36. The Morgan fingerprint density at radius 2 is 2.19 bits per heavy atom. The molecule has 0 aromatic carbocycles. The molecule has 116 valence electrons. The van der Waals surface area contributed by atoms with Crippen molar-refractivity contribution in [2.45, 2.75) is 37.4 Å². The van der Waals surface area contributed by atoms with Crippen LogP contribution in [0.15, 0.2) is 12.1 Å². The highest BCUT2D eigenvalue weighted by Crippen LogP contribution is 2.43. The summed E-state index contributed by atoms with van der Waals surface area (Å²) in [6.45, 7) is 3.59. The highest BCUT2D eigenvalue weighted by atomic mass is 32.2. The van der Waals surface area contributed by atoms with Crippen LogP contribution in [-0.4, -0.2) is 34.0 Å². The van der Waals surface area contributed by atoms with E-state index in [2.05, 4.69) is 28.8 Å². The van der Waals surface area contributed by atoms with Gasteiger partial charge in [0, 0.05) is 23.9 Å². The molecule has 1 aromatic heterocycles. The SMILES string of the molecule is CCCNc1ccc([N+](=O)[O-])c(NCC2(SC)CCC2)n1. The maximum atomic E-state index is 11.1. The number of thioether (sulfide) groups is 1. The molecule has 2 N–H and O–H groups in total. The fraction of sp³-hybridized carbons (Fsp3) is 0.643. The van der Waals surface area contributed by atoms with Crippen LogP contribution in [0.2, 0.25) is 0 Å². The quantitative estimate of drug-likeness (QED) is 0.565. The molecule has 2 rings (SSSR count). The zero-order valence-electron chi connectivity index (χ0n) is 12.5. The monoisotopic (exact) mass is 310 g/mol. The van der Waals surface area contributed by atoms with E-state index < -0.39 is 0 Å². The molecule has 1 heterocycles. The molecule has 0 bridgehead atoms. The molecular weight excluding hydrogens is 288 g/mol. The van der Waals surface area contributed by atoms with Crippen molar-refractivity contribution < 1.29 is 4.92 Å². The van der Waals surface area contributed by atoms with E-state index in [1.165, 1.54) is 12.5 Å². The molecular formula is C14H22N4O2S. The minimum atomic E-state index is -0.383. The summed E-state index contributed by atoms with van der Waals surface area (Å²) in [5.41, 5.74) is 0.0348. The molecule has 21 heavy (non-hydrogen) atoms. The Labute approximate surface area is 129 Å². The lowest BCUT2D eigenvalue weighted by molar-refractivity contribution is -0.384. The Balaban J connectivity index is 2.12. The molecule has 0 amide bonds. The van der Waals surface area contributed by atoms with Crippen LogP contribution in [0.25, 0.3) is 0 Å². The number of hydrogen-bond acceptors (Lipinski definition) is 6. The Hall–Kier alpha value is -1.50. The van der Waals surface area contributed by atoms with E-state index in [4.69, 9.17) is 0 Å². The third kappa shape index (κ3) is 3.78. The fourth-order valence-electron chi connectivity index (χ4n) is 2.35. The predicted molar refractivity (Wildman–Crippen MR) is 88.3 cm³/mol. The van der Waals surface area contributed by atoms with E-state index >= 15 is 0 Å². The average Bonchev–Trinajstić information content (AvgIpc) is 2.44. The van der Waals surface area contributed by atoms with Gasteiger partial charge in [0.15, 0.2) is 0 Å². The van der Waals surface area contributed by atoms with Crippen molar-refractivity contribution in [3.8, 4) is 0 Å². The van der Waals surface area contributed by atoms with Crippen molar-refractivity contribution in [2.24, 2.45) is 0 Å². The molecule has 1 saturated carbocycles. The van der Waals surface area contributed by atoms with E-state index in [0.717, 1.165) is 32.4 Å². The van der Waals surface area contributed by atoms with Crippen molar-refractivity contribution in [1.82, 2.24) is 4.98 Å². The van der Waals surface area contributed by atoms with Gasteiger partial charge in [-0.05, 0) is 31.6 Å². The van der Waals surface area contributed by atoms with Crippen molar-refractivity contribution >= 4 is 29.1 Å². The zero-order valence-corrected chi connectivity index (χ0v) is 13.3. The topological polar surface area (TPSA) is 80.1 Å². The van der Waals surface area contributed by atoms with Crippen LogP contribution >= 0.6 is 11.8 Å². The van der Waals surface area contributed by atoms with Gasteiger partial charge in [0.2, 0.25) is 5.82 Å². The van der Waals surface area contributed by atoms with Gasteiger partial charge in [-0.1, -0.05) is 13.3 Å². The van der Waals surface area contributed by atoms with Crippen LogP contribution in [0.4, 0.5) is 17.3 Å². The minimum Gasteiger partial charge on any atom is -0.370 e. The molecule has 1 aliphatic carbocycles. The largest absolute Gasteiger partial charge is 0.370 e. The van der Waals surface area contributed by atoms with Crippen molar-refractivity contribution in [3.05, 3.63) is 22.2 Å². The Morgan fingerprint density at radius 1 is 1.43 bits per heavy atom. The number of hydrogen-bond donors (Lipinski definition) is 2. The van der Waals surface area contributed by atoms with Crippen LogP contribution in [0.3, 0.4) is 0 Å². The molecule has 0 aliphatic heterocycles. The molecule has 1 fully saturated rings. The van der Waals surface area contributed by atoms with E-state index in [0.29, 0.717) is 11.6 Å². The Bertz CT molecular complexity index is 500. The van der Waals surface area contributed by atoms with E-state index in [1.54, 1.807) is 6.07 Å². The number of nitrogens with one attached hydrogen (secondary N) is 2. The van der Waals surface area contributed by atoms with Gasteiger partial charge in [0.25, 0.3) is 0 Å². The summed E-state index contributed by atoms with van der Waals surface area (Å²) in [4.78, 5) is 15.1. The summed E-state index contributed by atoms with van der Waals surface area (Å²) >= 11 is 1.83. The molecule has 1 aliphatic rings. The van der Waals surface area contributed by atoms with E-state index in [1.807, 2.05) is 11.8 Å². The third-order valence-corrected chi connectivity index (χ3v) is 5.32. The maximum Gasteiger partial charge on any atom is 0.311 e. The Kier molecular flexibility index (Phi) is 5.27. The van der Waals surface area contributed by atoms with Crippen LogP contribution in [-0.2, 0) is 0 Å². The van der Waals surface area contributed by atoms with Gasteiger partial charge in [-0.15, -0.1) is 0 Å². The van der Waals surface area contributed by atoms with Gasteiger partial charge in [-0.3, -0.25) is 10.1 Å². The van der Waals surface area contributed by atoms with Gasteiger partial charge in [0.1, 0.15) is 5.82 Å². The molecule has 0 spiro atoms. The second-order valence-electron chi connectivity index (χ2n) is 5.34. The minimum absolute atomic E-state index is 0.0348. The second kappa shape index (κ2) is 6.98. The smallest absolute Gasteiger partial charge is 0.311 e. The molecule has 0 saturated heterocycles. The second-order valence-corrected chi connectivity index (χ2v) is 6.62. The number of rotatable bonds is 8. The average molecular weight is 310 g/mol. The lowest BCUT2D eigenvalue weighted by Crippen LogP contribution is -2.40. The van der Waals surface area contributed by atoms with Crippen molar-refractivity contribution in [2.75, 3.05) is 30.0 Å². The van der Waals surface area contributed by atoms with Gasteiger partial charge in [-0.2, -0.15) is 11.8 Å². The van der Waals surface area contributed by atoms with Crippen LogP contribution in [0.1, 0.15) is 32.6 Å². The molecule has 0 atom stereocenters. The summed E-state index contributed by atoms with van der Waals surface area (Å²) in [7, 11) is 0. The first-order valence-corrected chi connectivity index (χ1v) is 8.51. The molecule has 7 heteroatoms. The van der Waals surface area contributed by atoms with Crippen LogP contribution < -0.4 is 10.6 Å². The van der Waals surface area contributed by atoms with Gasteiger partial charge < -0.3 is 10.6 Å². The lowest BCUT2D eigenvalue weighted by atomic mass is 9.84. The van der Waals surface area contributed by atoms with Gasteiger partial charge in [-0.25, -0.2) is 4.98 Å². The first kappa shape index (κ1) is 15.9. The first-order valence-electron chi connectivity index (χ1n) is 7.28. The van der Waals surface area contributed by atoms with Gasteiger partial charge in [0.05, 0.1) is 4.92 Å². The Morgan fingerprint density at radius 3 is 2.71 bits per heavy atom. The summed E-state index contributed by atoms with van der Waals surface area (Å²) in [6, 6.07) is 3.17. The number of pyridine rings is 1.